The molecule has 0 spiro atoms. The molecule has 126 valence electrons. The van der Waals surface area contributed by atoms with Crippen molar-refractivity contribution in [3.63, 3.8) is 0 Å². The van der Waals surface area contributed by atoms with Gasteiger partial charge in [-0.3, -0.25) is 9.48 Å². The Morgan fingerprint density at radius 2 is 2.00 bits per heavy atom. The van der Waals surface area contributed by atoms with Crippen molar-refractivity contribution in [1.82, 2.24) is 9.78 Å². The number of hydrogen-bond donors (Lipinski definition) is 1. The number of carbonyl (C=O) groups is 1. The Hall–Kier alpha value is -3.28. The Bertz CT molecular complexity index is 934. The second-order valence-electron chi connectivity index (χ2n) is 5.91. The van der Waals surface area contributed by atoms with Gasteiger partial charge in [-0.05, 0) is 24.3 Å². The number of aryl methyl sites for hydroxylation is 1. The molecule has 1 aromatic heterocycles. The summed E-state index contributed by atoms with van der Waals surface area (Å²) in [6.45, 7) is 0.435. The number of hydrogen-bond acceptors (Lipinski definition) is 4. The van der Waals surface area contributed by atoms with Crippen LogP contribution in [-0.2, 0) is 13.6 Å². The summed E-state index contributed by atoms with van der Waals surface area (Å²) in [4.78, 5) is 14.9. The van der Waals surface area contributed by atoms with Gasteiger partial charge in [0, 0.05) is 24.2 Å². The van der Waals surface area contributed by atoms with E-state index in [2.05, 4.69) is 10.4 Å². The van der Waals surface area contributed by atoms with E-state index in [0.29, 0.717) is 17.9 Å². The van der Waals surface area contributed by atoms with Crippen LogP contribution in [0.3, 0.4) is 0 Å². The quantitative estimate of drug-likeness (QED) is 0.781. The summed E-state index contributed by atoms with van der Waals surface area (Å²) in [5, 5.41) is 7.69. The molecule has 1 aliphatic heterocycles. The minimum atomic E-state index is -0.0615. The van der Waals surface area contributed by atoms with Gasteiger partial charge in [0.25, 0.3) is 5.91 Å². The zero-order valence-electron chi connectivity index (χ0n) is 14.1. The SMILES string of the molecule is COc1ccc2c(c1)N(C(=O)c1ccccc1)Cc1cnn(C)c1N2. The van der Waals surface area contributed by atoms with Crippen LogP contribution in [0, 0.1) is 0 Å². The topological polar surface area (TPSA) is 59.4 Å². The number of nitrogens with one attached hydrogen (secondary N) is 1. The van der Waals surface area contributed by atoms with Crippen molar-refractivity contribution in [3.8, 4) is 5.75 Å². The summed E-state index contributed by atoms with van der Waals surface area (Å²) in [5.74, 6) is 1.53. The third-order valence-electron chi connectivity index (χ3n) is 4.36. The molecule has 0 saturated carbocycles. The predicted molar refractivity (Wildman–Crippen MR) is 96.4 cm³/mol. The average Bonchev–Trinajstić information content (AvgIpc) is 2.90. The molecule has 0 bridgehead atoms. The molecular formula is C19H18N4O2. The fourth-order valence-corrected chi connectivity index (χ4v) is 3.03. The van der Waals surface area contributed by atoms with Crippen LogP contribution in [0.4, 0.5) is 17.2 Å². The van der Waals surface area contributed by atoms with E-state index in [0.717, 1.165) is 22.8 Å². The van der Waals surface area contributed by atoms with E-state index in [-0.39, 0.29) is 5.91 Å². The first-order valence-electron chi connectivity index (χ1n) is 8.00. The van der Waals surface area contributed by atoms with E-state index in [4.69, 9.17) is 4.74 Å². The van der Waals surface area contributed by atoms with Crippen molar-refractivity contribution in [1.29, 1.82) is 0 Å². The van der Waals surface area contributed by atoms with Crippen molar-refractivity contribution in [2.24, 2.45) is 7.05 Å². The van der Waals surface area contributed by atoms with Crippen molar-refractivity contribution < 1.29 is 9.53 Å². The predicted octanol–water partition coefficient (Wildman–Crippen LogP) is 3.33. The molecule has 6 heteroatoms. The highest BCUT2D eigenvalue weighted by molar-refractivity contribution is 6.08. The average molecular weight is 334 g/mol. The number of benzene rings is 2. The third-order valence-corrected chi connectivity index (χ3v) is 4.36. The maximum absolute atomic E-state index is 13.2. The van der Waals surface area contributed by atoms with Crippen LogP contribution in [-0.4, -0.2) is 22.8 Å². The number of amides is 1. The van der Waals surface area contributed by atoms with Gasteiger partial charge in [0.05, 0.1) is 31.2 Å². The number of aromatic nitrogens is 2. The second kappa shape index (κ2) is 5.98. The summed E-state index contributed by atoms with van der Waals surface area (Å²) in [6, 6.07) is 14.9. The number of carbonyl (C=O) groups excluding carboxylic acids is 1. The van der Waals surface area contributed by atoms with Crippen LogP contribution in [0.5, 0.6) is 5.75 Å². The van der Waals surface area contributed by atoms with E-state index < -0.39 is 0 Å². The van der Waals surface area contributed by atoms with Gasteiger partial charge in [-0.1, -0.05) is 18.2 Å². The first kappa shape index (κ1) is 15.3. The number of fused-ring (bicyclic) bond motifs is 2. The molecule has 1 N–H and O–H groups in total. The maximum Gasteiger partial charge on any atom is 0.258 e. The lowest BCUT2D eigenvalue weighted by molar-refractivity contribution is 0.0985. The van der Waals surface area contributed by atoms with E-state index >= 15 is 0 Å². The molecule has 0 atom stereocenters. The standard InChI is InChI=1S/C19H18N4O2/c1-22-18-14(11-20-22)12-23(19(24)13-6-4-3-5-7-13)17-10-15(25-2)8-9-16(17)21-18/h3-11,21H,12H2,1-2H3. The molecule has 0 saturated heterocycles. The van der Waals surface area contributed by atoms with E-state index in [9.17, 15) is 4.79 Å². The van der Waals surface area contributed by atoms with Crippen molar-refractivity contribution >= 4 is 23.1 Å². The van der Waals surface area contributed by atoms with Gasteiger partial charge < -0.3 is 15.0 Å². The lowest BCUT2D eigenvalue weighted by Crippen LogP contribution is -2.30. The summed E-state index contributed by atoms with van der Waals surface area (Å²) in [5.41, 5.74) is 3.22. The van der Waals surface area contributed by atoms with Crippen LogP contribution in [0.15, 0.2) is 54.7 Å². The van der Waals surface area contributed by atoms with E-state index in [1.54, 1.807) is 22.9 Å². The number of rotatable bonds is 2. The number of ether oxygens (including phenoxy) is 1. The highest BCUT2D eigenvalue weighted by atomic mass is 16.5. The third kappa shape index (κ3) is 2.61. The molecule has 0 radical (unpaired) electrons. The minimum absolute atomic E-state index is 0.0615. The van der Waals surface area contributed by atoms with Crippen LogP contribution in [0.1, 0.15) is 15.9 Å². The first-order valence-corrected chi connectivity index (χ1v) is 8.00. The lowest BCUT2D eigenvalue weighted by atomic mass is 10.1. The van der Waals surface area contributed by atoms with Gasteiger partial charge in [-0.15, -0.1) is 0 Å². The first-order chi connectivity index (χ1) is 12.2. The molecule has 4 rings (SSSR count). The number of anilines is 3. The summed E-state index contributed by atoms with van der Waals surface area (Å²) in [6.07, 6.45) is 1.79. The monoisotopic (exact) mass is 334 g/mol. The van der Waals surface area contributed by atoms with Gasteiger partial charge in [0.1, 0.15) is 11.6 Å². The zero-order valence-corrected chi connectivity index (χ0v) is 14.1. The zero-order chi connectivity index (χ0) is 17.4. The molecular weight excluding hydrogens is 316 g/mol. The molecule has 1 aliphatic rings. The molecule has 3 aromatic rings. The Morgan fingerprint density at radius 3 is 2.76 bits per heavy atom. The summed E-state index contributed by atoms with van der Waals surface area (Å²) < 4.78 is 7.13. The Labute approximate surface area is 145 Å². The number of methoxy groups -OCH3 is 1. The Morgan fingerprint density at radius 1 is 1.20 bits per heavy atom. The van der Waals surface area contributed by atoms with Crippen LogP contribution in [0.25, 0.3) is 0 Å². The van der Waals surface area contributed by atoms with Gasteiger partial charge in [0.2, 0.25) is 0 Å². The van der Waals surface area contributed by atoms with Crippen LogP contribution in [0.2, 0.25) is 0 Å². The van der Waals surface area contributed by atoms with Gasteiger partial charge in [-0.2, -0.15) is 5.10 Å². The minimum Gasteiger partial charge on any atom is -0.497 e. The smallest absolute Gasteiger partial charge is 0.258 e. The van der Waals surface area contributed by atoms with Crippen molar-refractivity contribution in [2.75, 3.05) is 17.3 Å². The van der Waals surface area contributed by atoms with Crippen molar-refractivity contribution in [2.45, 2.75) is 6.54 Å². The Kier molecular flexibility index (Phi) is 3.65. The van der Waals surface area contributed by atoms with Crippen LogP contribution >= 0.6 is 0 Å². The fraction of sp³-hybridized carbons (Fsp3) is 0.158. The van der Waals surface area contributed by atoms with Gasteiger partial charge >= 0.3 is 0 Å². The lowest BCUT2D eigenvalue weighted by Gasteiger charge is -2.23. The maximum atomic E-state index is 13.2. The Balaban J connectivity index is 1.86. The highest BCUT2D eigenvalue weighted by Crippen LogP contribution is 2.38. The van der Waals surface area contributed by atoms with Crippen molar-refractivity contribution in [3.05, 3.63) is 65.9 Å². The summed E-state index contributed by atoms with van der Waals surface area (Å²) >= 11 is 0. The molecule has 1 amide bonds. The van der Waals surface area contributed by atoms with Crippen LogP contribution < -0.4 is 15.0 Å². The van der Waals surface area contributed by atoms with Gasteiger partial charge in [0.15, 0.2) is 0 Å². The number of nitrogens with zero attached hydrogens (tertiary/aromatic N) is 3. The molecule has 2 heterocycles. The molecule has 0 unspecified atom stereocenters. The molecule has 2 aromatic carbocycles. The van der Waals surface area contributed by atoms with E-state index in [1.807, 2.05) is 55.6 Å². The fourth-order valence-electron chi connectivity index (χ4n) is 3.03. The normalized spacial score (nSPS) is 12.6. The highest BCUT2D eigenvalue weighted by Gasteiger charge is 2.27. The molecule has 0 fully saturated rings. The van der Waals surface area contributed by atoms with Gasteiger partial charge in [-0.25, -0.2) is 0 Å². The molecule has 6 nitrogen and oxygen atoms in total. The second-order valence-corrected chi connectivity index (χ2v) is 5.91. The molecule has 25 heavy (non-hydrogen) atoms. The van der Waals surface area contributed by atoms with E-state index in [1.165, 1.54) is 0 Å². The molecule has 0 aliphatic carbocycles. The largest absolute Gasteiger partial charge is 0.497 e. The summed E-state index contributed by atoms with van der Waals surface area (Å²) in [7, 11) is 3.50.